The number of nitrogens with zero attached hydrogens (tertiary/aromatic N) is 1. The van der Waals surface area contributed by atoms with Crippen LogP contribution >= 0.6 is 0 Å². The molecule has 1 atom stereocenters. The van der Waals surface area contributed by atoms with Gasteiger partial charge >= 0.3 is 0 Å². The van der Waals surface area contributed by atoms with E-state index in [1.165, 1.54) is 12.8 Å². The van der Waals surface area contributed by atoms with Gasteiger partial charge in [-0.3, -0.25) is 4.79 Å². The van der Waals surface area contributed by atoms with Crippen molar-refractivity contribution in [2.75, 3.05) is 20.1 Å². The van der Waals surface area contributed by atoms with Gasteiger partial charge in [0.15, 0.2) is 0 Å². The molecule has 2 rings (SSSR count). The maximum Gasteiger partial charge on any atom is 0.239 e. The zero-order chi connectivity index (χ0) is 12.3. The van der Waals surface area contributed by atoms with Crippen LogP contribution in [0.5, 0.6) is 0 Å². The average Bonchev–Trinajstić information content (AvgIpc) is 2.51. The van der Waals surface area contributed by atoms with E-state index in [4.69, 9.17) is 0 Å². The quantitative estimate of drug-likeness (QED) is 0.720. The van der Waals surface area contributed by atoms with Crippen LogP contribution in [0.25, 0.3) is 0 Å². The average molecular weight is 240 g/mol. The van der Waals surface area contributed by atoms with E-state index >= 15 is 0 Å². The van der Waals surface area contributed by atoms with Gasteiger partial charge in [0.2, 0.25) is 5.91 Å². The second-order valence-corrected chi connectivity index (χ2v) is 5.53. The standard InChI is InChI=1S/C13H24N2O2/c1-14-11-6-9-15(12(11)16)10-13(17)7-4-2-3-5-8-13/h11,14,17H,2-10H2,1H3. The molecule has 2 N–H and O–H groups in total. The van der Waals surface area contributed by atoms with E-state index in [1.807, 2.05) is 11.9 Å². The van der Waals surface area contributed by atoms with Gasteiger partial charge < -0.3 is 15.3 Å². The van der Waals surface area contributed by atoms with E-state index in [0.717, 1.165) is 38.6 Å². The monoisotopic (exact) mass is 240 g/mol. The van der Waals surface area contributed by atoms with Crippen LogP contribution in [0, 0.1) is 0 Å². The van der Waals surface area contributed by atoms with Crippen molar-refractivity contribution in [3.05, 3.63) is 0 Å². The van der Waals surface area contributed by atoms with E-state index in [0.29, 0.717) is 6.54 Å². The molecule has 1 heterocycles. The van der Waals surface area contributed by atoms with E-state index in [9.17, 15) is 9.90 Å². The predicted octanol–water partition coefficient (Wildman–Crippen LogP) is 0.892. The fraction of sp³-hybridized carbons (Fsp3) is 0.923. The van der Waals surface area contributed by atoms with Crippen molar-refractivity contribution in [2.45, 2.75) is 56.6 Å². The van der Waals surface area contributed by atoms with Gasteiger partial charge in [0.1, 0.15) is 0 Å². The molecule has 1 saturated carbocycles. The van der Waals surface area contributed by atoms with Gasteiger partial charge in [-0.1, -0.05) is 25.7 Å². The van der Waals surface area contributed by atoms with Gasteiger partial charge in [-0.05, 0) is 26.3 Å². The molecule has 1 aliphatic heterocycles. The number of carbonyl (C=O) groups excluding carboxylic acids is 1. The number of aliphatic hydroxyl groups is 1. The van der Waals surface area contributed by atoms with E-state index in [-0.39, 0.29) is 11.9 Å². The molecule has 17 heavy (non-hydrogen) atoms. The van der Waals surface area contributed by atoms with E-state index in [1.54, 1.807) is 0 Å². The molecule has 2 fully saturated rings. The number of nitrogens with one attached hydrogen (secondary N) is 1. The fourth-order valence-electron chi connectivity index (χ4n) is 3.06. The van der Waals surface area contributed by atoms with Gasteiger partial charge in [0.05, 0.1) is 11.6 Å². The lowest BCUT2D eigenvalue weighted by Crippen LogP contribution is -2.45. The molecule has 0 aromatic rings. The second-order valence-electron chi connectivity index (χ2n) is 5.53. The topological polar surface area (TPSA) is 52.6 Å². The molecule has 0 spiro atoms. The molecule has 0 radical (unpaired) electrons. The molecule has 1 aliphatic carbocycles. The number of β-amino-alcohol motifs (C(OH)–C–C–N with tert-alkyl or cyclic N) is 1. The summed E-state index contributed by atoms with van der Waals surface area (Å²) in [6, 6.07) is -0.0376. The molecule has 4 nitrogen and oxygen atoms in total. The summed E-state index contributed by atoms with van der Waals surface area (Å²) >= 11 is 0. The van der Waals surface area contributed by atoms with Crippen molar-refractivity contribution < 1.29 is 9.90 Å². The number of hydrogen-bond acceptors (Lipinski definition) is 3. The Kier molecular flexibility index (Phi) is 4.05. The van der Waals surface area contributed by atoms with Crippen molar-refractivity contribution in [1.29, 1.82) is 0 Å². The number of amides is 1. The molecule has 0 aromatic carbocycles. The number of likely N-dealkylation sites (N-methyl/N-ethyl adjacent to an activating group) is 1. The lowest BCUT2D eigenvalue weighted by atomic mass is 9.94. The molecule has 1 amide bonds. The van der Waals surface area contributed by atoms with E-state index < -0.39 is 5.60 Å². The summed E-state index contributed by atoms with van der Waals surface area (Å²) in [4.78, 5) is 13.8. The molecule has 0 aromatic heterocycles. The van der Waals surface area contributed by atoms with Crippen LogP contribution in [0.2, 0.25) is 0 Å². The number of carbonyl (C=O) groups is 1. The molecule has 2 aliphatic rings. The summed E-state index contributed by atoms with van der Waals surface area (Å²) in [6.45, 7) is 1.32. The summed E-state index contributed by atoms with van der Waals surface area (Å²) in [5.41, 5.74) is -0.630. The Bertz CT molecular complexity index is 273. The summed E-state index contributed by atoms with van der Waals surface area (Å²) in [6.07, 6.45) is 7.18. The Balaban J connectivity index is 1.93. The summed E-state index contributed by atoms with van der Waals surface area (Å²) < 4.78 is 0. The van der Waals surface area contributed by atoms with Gasteiger partial charge in [0, 0.05) is 13.1 Å². The largest absolute Gasteiger partial charge is 0.388 e. The lowest BCUT2D eigenvalue weighted by Gasteiger charge is -2.31. The van der Waals surface area contributed by atoms with Crippen LogP contribution in [0.15, 0.2) is 0 Å². The molecule has 1 unspecified atom stereocenters. The molecule has 4 heteroatoms. The van der Waals surface area contributed by atoms with Crippen LogP contribution < -0.4 is 5.32 Å². The van der Waals surface area contributed by atoms with Crippen LogP contribution in [-0.2, 0) is 4.79 Å². The first-order chi connectivity index (χ1) is 8.14. The number of likely N-dealkylation sites (tertiary alicyclic amines) is 1. The fourth-order valence-corrected chi connectivity index (χ4v) is 3.06. The minimum absolute atomic E-state index is 0.0376. The highest BCUT2D eigenvalue weighted by Gasteiger charge is 2.37. The number of rotatable bonds is 3. The minimum atomic E-state index is -0.630. The summed E-state index contributed by atoms with van der Waals surface area (Å²) in [5.74, 6) is 0.158. The van der Waals surface area contributed by atoms with Crippen molar-refractivity contribution in [3.63, 3.8) is 0 Å². The van der Waals surface area contributed by atoms with Crippen molar-refractivity contribution in [3.8, 4) is 0 Å². The third-order valence-corrected chi connectivity index (χ3v) is 4.17. The maximum atomic E-state index is 12.0. The maximum absolute atomic E-state index is 12.0. The molecular weight excluding hydrogens is 216 g/mol. The van der Waals surface area contributed by atoms with E-state index in [2.05, 4.69) is 5.32 Å². The predicted molar refractivity (Wildman–Crippen MR) is 66.7 cm³/mol. The van der Waals surface area contributed by atoms with Gasteiger partial charge in [0.25, 0.3) is 0 Å². The Morgan fingerprint density at radius 3 is 2.53 bits per heavy atom. The summed E-state index contributed by atoms with van der Waals surface area (Å²) in [5, 5.41) is 13.6. The van der Waals surface area contributed by atoms with Gasteiger partial charge in [-0.2, -0.15) is 0 Å². The molecule has 1 saturated heterocycles. The third kappa shape index (κ3) is 2.99. The molecular formula is C13H24N2O2. The van der Waals surface area contributed by atoms with Gasteiger partial charge in [-0.15, -0.1) is 0 Å². The SMILES string of the molecule is CNC1CCN(CC2(O)CCCCCC2)C1=O. The third-order valence-electron chi connectivity index (χ3n) is 4.17. The van der Waals surface area contributed by atoms with Gasteiger partial charge in [-0.25, -0.2) is 0 Å². The highest BCUT2D eigenvalue weighted by molar-refractivity contribution is 5.84. The zero-order valence-electron chi connectivity index (χ0n) is 10.7. The summed E-state index contributed by atoms with van der Waals surface area (Å²) in [7, 11) is 1.83. The minimum Gasteiger partial charge on any atom is -0.388 e. The van der Waals surface area contributed by atoms with Crippen LogP contribution in [0.1, 0.15) is 44.9 Å². The Labute approximate surface area is 103 Å². The van der Waals surface area contributed by atoms with Crippen molar-refractivity contribution in [1.82, 2.24) is 10.2 Å². The first kappa shape index (κ1) is 12.8. The molecule has 0 bridgehead atoms. The first-order valence-corrected chi connectivity index (χ1v) is 6.83. The highest BCUT2D eigenvalue weighted by atomic mass is 16.3. The highest BCUT2D eigenvalue weighted by Crippen LogP contribution is 2.29. The second kappa shape index (κ2) is 5.36. The smallest absolute Gasteiger partial charge is 0.239 e. The number of hydrogen-bond donors (Lipinski definition) is 2. The van der Waals surface area contributed by atoms with Crippen LogP contribution in [-0.4, -0.2) is 47.7 Å². The zero-order valence-corrected chi connectivity index (χ0v) is 10.7. The Hall–Kier alpha value is -0.610. The Morgan fingerprint density at radius 1 is 1.35 bits per heavy atom. The lowest BCUT2D eigenvalue weighted by molar-refractivity contribution is -0.132. The Morgan fingerprint density at radius 2 is 2.00 bits per heavy atom. The van der Waals surface area contributed by atoms with Crippen LogP contribution in [0.4, 0.5) is 0 Å². The van der Waals surface area contributed by atoms with Crippen molar-refractivity contribution >= 4 is 5.91 Å². The molecule has 98 valence electrons. The van der Waals surface area contributed by atoms with Crippen molar-refractivity contribution in [2.24, 2.45) is 0 Å². The normalized spacial score (nSPS) is 29.4. The first-order valence-electron chi connectivity index (χ1n) is 6.83. The van der Waals surface area contributed by atoms with Crippen LogP contribution in [0.3, 0.4) is 0 Å².